The second-order valence-corrected chi connectivity index (χ2v) is 3.81. The molecule has 0 N–H and O–H groups in total. The monoisotopic (exact) mass is 211 g/mol. The number of rotatable bonds is 6. The Labute approximate surface area is 89.4 Å². The lowest BCUT2D eigenvalue weighted by Gasteiger charge is -2.08. The van der Waals surface area contributed by atoms with Gasteiger partial charge in [-0.25, -0.2) is 0 Å². The van der Waals surface area contributed by atoms with Crippen molar-refractivity contribution >= 4 is 5.97 Å². The first-order valence-electron chi connectivity index (χ1n) is 5.52. The fourth-order valence-electron chi connectivity index (χ4n) is 1.78. The molecule has 5 heteroatoms. The summed E-state index contributed by atoms with van der Waals surface area (Å²) in [7, 11) is 0. The van der Waals surface area contributed by atoms with Crippen molar-refractivity contribution in [2.24, 2.45) is 11.0 Å². The first kappa shape index (κ1) is 11.9. The number of carbonyl (C=O) groups excluding carboxylic acids is 1. The van der Waals surface area contributed by atoms with Crippen molar-refractivity contribution < 1.29 is 9.53 Å². The molecule has 1 saturated carbocycles. The number of hydrogen-bond acceptors (Lipinski definition) is 3. The molecule has 0 bridgehead atoms. The van der Waals surface area contributed by atoms with Gasteiger partial charge in [0.1, 0.15) is 0 Å². The Morgan fingerprint density at radius 2 is 2.13 bits per heavy atom. The van der Waals surface area contributed by atoms with Crippen LogP contribution >= 0.6 is 0 Å². The van der Waals surface area contributed by atoms with Gasteiger partial charge in [-0.1, -0.05) is 18.0 Å². The molecule has 0 spiro atoms. The molecule has 0 aromatic rings. The second kappa shape index (κ2) is 7.12. The fourth-order valence-corrected chi connectivity index (χ4v) is 1.78. The van der Waals surface area contributed by atoms with E-state index in [4.69, 9.17) is 10.3 Å². The Hall–Kier alpha value is -1.22. The zero-order valence-electron chi connectivity index (χ0n) is 8.89. The Morgan fingerprint density at radius 3 is 2.80 bits per heavy atom. The molecule has 0 heterocycles. The molecular weight excluding hydrogens is 194 g/mol. The predicted octanol–water partition coefficient (Wildman–Crippen LogP) is 2.81. The summed E-state index contributed by atoms with van der Waals surface area (Å²) in [6, 6.07) is 0. The van der Waals surface area contributed by atoms with Crippen LogP contribution in [0.15, 0.2) is 5.11 Å². The third-order valence-electron chi connectivity index (χ3n) is 2.65. The van der Waals surface area contributed by atoms with Crippen LogP contribution in [0.2, 0.25) is 0 Å². The van der Waals surface area contributed by atoms with E-state index in [9.17, 15) is 4.79 Å². The van der Waals surface area contributed by atoms with Crippen LogP contribution in [0.25, 0.3) is 10.4 Å². The minimum Gasteiger partial charge on any atom is -0.465 e. The van der Waals surface area contributed by atoms with Crippen molar-refractivity contribution in [1.29, 1.82) is 0 Å². The van der Waals surface area contributed by atoms with Crippen molar-refractivity contribution in [1.82, 2.24) is 0 Å². The minimum atomic E-state index is -0.0451. The summed E-state index contributed by atoms with van der Waals surface area (Å²) in [6.45, 7) is 0.938. The molecule has 1 rings (SSSR count). The van der Waals surface area contributed by atoms with Gasteiger partial charge < -0.3 is 4.74 Å². The summed E-state index contributed by atoms with van der Waals surface area (Å²) in [5.41, 5.74) is 8.03. The standard InChI is InChI=1S/C10H17N3O2/c11-13-12-7-3-4-8-15-10(14)9-5-1-2-6-9/h9H,1-8H2. The van der Waals surface area contributed by atoms with Crippen LogP contribution < -0.4 is 0 Å². The smallest absolute Gasteiger partial charge is 0.308 e. The highest BCUT2D eigenvalue weighted by molar-refractivity contribution is 5.72. The number of esters is 1. The van der Waals surface area contributed by atoms with Crippen LogP contribution in [0.4, 0.5) is 0 Å². The normalized spacial score (nSPS) is 16.0. The van der Waals surface area contributed by atoms with Crippen LogP contribution in [0.5, 0.6) is 0 Å². The van der Waals surface area contributed by atoms with Gasteiger partial charge in [-0.05, 0) is 31.2 Å². The van der Waals surface area contributed by atoms with E-state index in [1.165, 1.54) is 0 Å². The van der Waals surface area contributed by atoms with Crippen molar-refractivity contribution in [3.63, 3.8) is 0 Å². The van der Waals surface area contributed by atoms with Crippen LogP contribution in [-0.4, -0.2) is 19.1 Å². The molecular formula is C10H17N3O2. The number of unbranched alkanes of at least 4 members (excludes halogenated alkanes) is 1. The van der Waals surface area contributed by atoms with Crippen molar-refractivity contribution in [2.45, 2.75) is 38.5 Å². The van der Waals surface area contributed by atoms with Crippen LogP contribution in [0.3, 0.4) is 0 Å². The van der Waals surface area contributed by atoms with Gasteiger partial charge in [-0.15, -0.1) is 0 Å². The van der Waals surface area contributed by atoms with Crippen molar-refractivity contribution in [3.8, 4) is 0 Å². The van der Waals surface area contributed by atoms with Crippen LogP contribution in [-0.2, 0) is 9.53 Å². The Bertz CT molecular complexity index is 243. The third-order valence-corrected chi connectivity index (χ3v) is 2.65. The van der Waals surface area contributed by atoms with Gasteiger partial charge >= 0.3 is 5.97 Å². The third kappa shape index (κ3) is 4.70. The average molecular weight is 211 g/mol. The maximum atomic E-state index is 11.4. The lowest BCUT2D eigenvalue weighted by atomic mass is 10.1. The lowest BCUT2D eigenvalue weighted by molar-refractivity contribution is -0.148. The molecule has 0 saturated heterocycles. The molecule has 1 aliphatic rings. The molecule has 0 aliphatic heterocycles. The molecule has 0 aromatic heterocycles. The molecule has 15 heavy (non-hydrogen) atoms. The van der Waals surface area contributed by atoms with Gasteiger partial charge in [0, 0.05) is 11.5 Å². The molecule has 0 amide bonds. The predicted molar refractivity (Wildman–Crippen MR) is 56.2 cm³/mol. The van der Waals surface area contributed by atoms with E-state index < -0.39 is 0 Å². The van der Waals surface area contributed by atoms with Gasteiger partial charge in [0.05, 0.1) is 12.5 Å². The number of nitrogens with zero attached hydrogens (tertiary/aromatic N) is 3. The number of hydrogen-bond donors (Lipinski definition) is 0. The summed E-state index contributed by atoms with van der Waals surface area (Å²) < 4.78 is 5.13. The minimum absolute atomic E-state index is 0.0451. The molecule has 5 nitrogen and oxygen atoms in total. The molecule has 0 atom stereocenters. The van der Waals surface area contributed by atoms with E-state index in [2.05, 4.69) is 10.0 Å². The van der Waals surface area contributed by atoms with Gasteiger partial charge in [0.25, 0.3) is 0 Å². The Morgan fingerprint density at radius 1 is 1.40 bits per heavy atom. The largest absolute Gasteiger partial charge is 0.465 e. The first-order chi connectivity index (χ1) is 7.34. The van der Waals surface area contributed by atoms with E-state index in [1.807, 2.05) is 0 Å². The van der Waals surface area contributed by atoms with Crippen LogP contribution in [0, 0.1) is 5.92 Å². The maximum Gasteiger partial charge on any atom is 0.308 e. The quantitative estimate of drug-likeness (QED) is 0.223. The maximum absolute atomic E-state index is 11.4. The highest BCUT2D eigenvalue weighted by atomic mass is 16.5. The summed E-state index contributed by atoms with van der Waals surface area (Å²) in [5.74, 6) is 0.0958. The second-order valence-electron chi connectivity index (χ2n) is 3.81. The zero-order valence-corrected chi connectivity index (χ0v) is 8.89. The van der Waals surface area contributed by atoms with Gasteiger partial charge in [0.2, 0.25) is 0 Å². The molecule has 0 aromatic carbocycles. The Balaban J connectivity index is 1.99. The van der Waals surface area contributed by atoms with E-state index in [0.717, 1.165) is 38.5 Å². The fraction of sp³-hybridized carbons (Fsp3) is 0.900. The highest BCUT2D eigenvalue weighted by Gasteiger charge is 2.23. The van der Waals surface area contributed by atoms with E-state index in [-0.39, 0.29) is 11.9 Å². The van der Waals surface area contributed by atoms with Gasteiger partial charge in [-0.3, -0.25) is 4.79 Å². The average Bonchev–Trinajstić information content (AvgIpc) is 2.76. The molecule has 1 aliphatic carbocycles. The van der Waals surface area contributed by atoms with E-state index >= 15 is 0 Å². The molecule has 0 unspecified atom stereocenters. The molecule has 0 radical (unpaired) electrons. The molecule has 1 fully saturated rings. The van der Waals surface area contributed by atoms with E-state index in [1.54, 1.807) is 0 Å². The summed E-state index contributed by atoms with van der Waals surface area (Å²) in [6.07, 6.45) is 5.82. The van der Waals surface area contributed by atoms with Crippen molar-refractivity contribution in [3.05, 3.63) is 10.4 Å². The van der Waals surface area contributed by atoms with Gasteiger partial charge in [-0.2, -0.15) is 0 Å². The van der Waals surface area contributed by atoms with E-state index in [0.29, 0.717) is 13.2 Å². The number of ether oxygens (including phenoxy) is 1. The summed E-state index contributed by atoms with van der Waals surface area (Å²) >= 11 is 0. The lowest BCUT2D eigenvalue weighted by Crippen LogP contribution is -2.15. The molecule has 84 valence electrons. The Kier molecular flexibility index (Phi) is 5.63. The topological polar surface area (TPSA) is 75.1 Å². The van der Waals surface area contributed by atoms with Crippen molar-refractivity contribution in [2.75, 3.05) is 13.2 Å². The summed E-state index contributed by atoms with van der Waals surface area (Å²) in [4.78, 5) is 14.1. The van der Waals surface area contributed by atoms with Crippen LogP contribution in [0.1, 0.15) is 38.5 Å². The zero-order chi connectivity index (χ0) is 10.9. The number of azide groups is 1. The number of carbonyl (C=O) groups is 1. The highest BCUT2D eigenvalue weighted by Crippen LogP contribution is 2.25. The SMILES string of the molecule is [N-]=[N+]=NCCCCOC(=O)C1CCCC1. The van der Waals surface area contributed by atoms with Gasteiger partial charge in [0.15, 0.2) is 0 Å². The first-order valence-corrected chi connectivity index (χ1v) is 5.52. The summed E-state index contributed by atoms with van der Waals surface area (Å²) in [5, 5.41) is 3.41.